The molecule has 0 unspecified atom stereocenters. The van der Waals surface area contributed by atoms with Gasteiger partial charge in [0.05, 0.1) is 13.2 Å². The van der Waals surface area contributed by atoms with Crippen molar-refractivity contribution in [1.82, 2.24) is 5.32 Å². The van der Waals surface area contributed by atoms with E-state index in [2.05, 4.69) is 5.32 Å². The number of nitrogens with one attached hydrogen (secondary N) is 1. The van der Waals surface area contributed by atoms with Crippen LogP contribution in [0.15, 0.2) is 18.2 Å². The van der Waals surface area contributed by atoms with Crippen LogP contribution in [0.1, 0.15) is 44.1 Å². The first-order valence-electron chi connectivity index (χ1n) is 8.37. The molecule has 0 heterocycles. The SMILES string of the molecule is COc1ccc(CCCC(=O)NC[C@H]2CCCC[C@H]2O)cc1F. The quantitative estimate of drug-likeness (QED) is 0.811. The van der Waals surface area contributed by atoms with E-state index in [1.165, 1.54) is 13.2 Å². The molecule has 1 fully saturated rings. The lowest BCUT2D eigenvalue weighted by molar-refractivity contribution is -0.121. The van der Waals surface area contributed by atoms with Crippen LogP contribution in [0.25, 0.3) is 0 Å². The Kier molecular flexibility index (Phi) is 6.84. The summed E-state index contributed by atoms with van der Waals surface area (Å²) >= 11 is 0. The summed E-state index contributed by atoms with van der Waals surface area (Å²) in [5, 5.41) is 12.8. The molecule has 1 amide bonds. The number of carbonyl (C=O) groups excluding carboxylic acids is 1. The van der Waals surface area contributed by atoms with Crippen LogP contribution in [-0.4, -0.2) is 30.8 Å². The van der Waals surface area contributed by atoms with Gasteiger partial charge in [0.2, 0.25) is 5.91 Å². The third kappa shape index (κ3) is 5.50. The van der Waals surface area contributed by atoms with Crippen molar-refractivity contribution in [3.8, 4) is 5.75 Å². The Bertz CT molecular complexity index is 521. The highest BCUT2D eigenvalue weighted by molar-refractivity contribution is 5.75. The standard InChI is InChI=1S/C18H26FNO3/c1-23-17-10-9-13(11-15(17)19)5-4-8-18(22)20-12-14-6-2-3-7-16(14)21/h9-11,14,16,21H,2-8,12H2,1H3,(H,20,22)/t14-,16-/m1/s1. The van der Waals surface area contributed by atoms with E-state index in [0.29, 0.717) is 25.8 Å². The van der Waals surface area contributed by atoms with Gasteiger partial charge in [0, 0.05) is 18.9 Å². The molecular weight excluding hydrogens is 297 g/mol. The van der Waals surface area contributed by atoms with Crippen molar-refractivity contribution in [3.05, 3.63) is 29.6 Å². The Balaban J connectivity index is 1.67. The van der Waals surface area contributed by atoms with E-state index >= 15 is 0 Å². The zero-order valence-electron chi connectivity index (χ0n) is 13.7. The number of aliphatic hydroxyl groups excluding tert-OH is 1. The van der Waals surface area contributed by atoms with E-state index in [4.69, 9.17) is 4.74 Å². The van der Waals surface area contributed by atoms with Crippen LogP contribution >= 0.6 is 0 Å². The van der Waals surface area contributed by atoms with Gasteiger partial charge in [0.1, 0.15) is 0 Å². The van der Waals surface area contributed by atoms with Crippen molar-refractivity contribution < 1.29 is 19.0 Å². The highest BCUT2D eigenvalue weighted by Crippen LogP contribution is 2.23. The summed E-state index contributed by atoms with van der Waals surface area (Å²) in [5.74, 6) is 0.0402. The van der Waals surface area contributed by atoms with Crippen molar-refractivity contribution in [2.45, 2.75) is 51.0 Å². The molecule has 1 aliphatic carbocycles. The topological polar surface area (TPSA) is 58.6 Å². The average Bonchev–Trinajstić information content (AvgIpc) is 2.54. The van der Waals surface area contributed by atoms with Gasteiger partial charge in [-0.3, -0.25) is 4.79 Å². The molecule has 1 aromatic rings. The molecule has 2 rings (SSSR count). The van der Waals surface area contributed by atoms with Crippen molar-refractivity contribution in [1.29, 1.82) is 0 Å². The maximum absolute atomic E-state index is 13.6. The summed E-state index contributed by atoms with van der Waals surface area (Å²) < 4.78 is 18.5. The summed E-state index contributed by atoms with van der Waals surface area (Å²) in [6.45, 7) is 0.553. The molecule has 1 aliphatic rings. The van der Waals surface area contributed by atoms with E-state index < -0.39 is 0 Å². The van der Waals surface area contributed by atoms with Gasteiger partial charge in [-0.15, -0.1) is 0 Å². The summed E-state index contributed by atoms with van der Waals surface area (Å²) in [7, 11) is 1.44. The van der Waals surface area contributed by atoms with Gasteiger partial charge >= 0.3 is 0 Å². The minimum Gasteiger partial charge on any atom is -0.494 e. The maximum atomic E-state index is 13.6. The molecule has 2 N–H and O–H groups in total. The molecule has 1 aromatic carbocycles. The summed E-state index contributed by atoms with van der Waals surface area (Å²) in [4.78, 5) is 11.9. The van der Waals surface area contributed by atoms with Gasteiger partial charge in [-0.05, 0) is 43.4 Å². The lowest BCUT2D eigenvalue weighted by atomic mass is 9.86. The van der Waals surface area contributed by atoms with E-state index in [0.717, 1.165) is 31.2 Å². The monoisotopic (exact) mass is 323 g/mol. The number of aryl methyl sites for hydroxylation is 1. The van der Waals surface area contributed by atoms with Crippen LogP contribution < -0.4 is 10.1 Å². The smallest absolute Gasteiger partial charge is 0.220 e. The van der Waals surface area contributed by atoms with Gasteiger partial charge in [-0.25, -0.2) is 4.39 Å². The van der Waals surface area contributed by atoms with Crippen molar-refractivity contribution in [2.24, 2.45) is 5.92 Å². The molecule has 0 bridgehead atoms. The predicted molar refractivity (Wildman–Crippen MR) is 86.9 cm³/mol. The molecule has 5 heteroatoms. The van der Waals surface area contributed by atoms with Crippen LogP contribution in [0, 0.1) is 11.7 Å². The van der Waals surface area contributed by atoms with Crippen molar-refractivity contribution in [2.75, 3.05) is 13.7 Å². The number of hydrogen-bond acceptors (Lipinski definition) is 3. The van der Waals surface area contributed by atoms with Crippen LogP contribution in [0.3, 0.4) is 0 Å². The van der Waals surface area contributed by atoms with E-state index in [1.54, 1.807) is 6.07 Å². The van der Waals surface area contributed by atoms with Gasteiger partial charge in [0.15, 0.2) is 11.6 Å². The molecule has 4 nitrogen and oxygen atoms in total. The van der Waals surface area contributed by atoms with Crippen LogP contribution in [0.2, 0.25) is 0 Å². The van der Waals surface area contributed by atoms with Gasteiger partial charge in [-0.1, -0.05) is 18.9 Å². The minimum absolute atomic E-state index is 0.00300. The number of ether oxygens (including phenoxy) is 1. The second-order valence-electron chi connectivity index (χ2n) is 6.24. The number of rotatable bonds is 7. The lowest BCUT2D eigenvalue weighted by Crippen LogP contribution is -2.36. The van der Waals surface area contributed by atoms with Crippen molar-refractivity contribution >= 4 is 5.91 Å². The molecule has 0 aromatic heterocycles. The number of amides is 1. The molecule has 128 valence electrons. The minimum atomic E-state index is -0.374. The number of carbonyl (C=O) groups is 1. The first-order chi connectivity index (χ1) is 11.1. The highest BCUT2D eigenvalue weighted by Gasteiger charge is 2.23. The first kappa shape index (κ1) is 17.7. The Morgan fingerprint density at radius 2 is 2.17 bits per heavy atom. The normalized spacial score (nSPS) is 21.0. The van der Waals surface area contributed by atoms with Gasteiger partial charge in [0.25, 0.3) is 0 Å². The molecule has 0 saturated heterocycles. The molecule has 0 radical (unpaired) electrons. The third-order valence-electron chi connectivity index (χ3n) is 4.52. The zero-order valence-corrected chi connectivity index (χ0v) is 13.7. The average molecular weight is 323 g/mol. The molecule has 2 atom stereocenters. The number of benzene rings is 1. The van der Waals surface area contributed by atoms with Crippen LogP contribution in [0.4, 0.5) is 4.39 Å². The molecule has 23 heavy (non-hydrogen) atoms. The fraction of sp³-hybridized carbons (Fsp3) is 0.611. The van der Waals surface area contributed by atoms with Gasteiger partial charge < -0.3 is 15.2 Å². The second kappa shape index (κ2) is 8.87. The van der Waals surface area contributed by atoms with Crippen LogP contribution in [0.5, 0.6) is 5.75 Å². The van der Waals surface area contributed by atoms with Gasteiger partial charge in [-0.2, -0.15) is 0 Å². The second-order valence-corrected chi connectivity index (χ2v) is 6.24. The van der Waals surface area contributed by atoms with Crippen molar-refractivity contribution in [3.63, 3.8) is 0 Å². The number of aliphatic hydroxyl groups is 1. The Morgan fingerprint density at radius 1 is 1.39 bits per heavy atom. The molecule has 0 spiro atoms. The highest BCUT2D eigenvalue weighted by atomic mass is 19.1. The fourth-order valence-electron chi connectivity index (χ4n) is 3.08. The molecule has 0 aliphatic heterocycles. The van der Waals surface area contributed by atoms with E-state index in [-0.39, 0.29) is 29.5 Å². The third-order valence-corrected chi connectivity index (χ3v) is 4.52. The first-order valence-corrected chi connectivity index (χ1v) is 8.37. The Hall–Kier alpha value is -1.62. The van der Waals surface area contributed by atoms with E-state index in [1.807, 2.05) is 6.07 Å². The van der Waals surface area contributed by atoms with E-state index in [9.17, 15) is 14.3 Å². The Labute approximate surface area is 137 Å². The van der Waals surface area contributed by atoms with Crippen LogP contribution in [-0.2, 0) is 11.2 Å². The Morgan fingerprint density at radius 3 is 2.87 bits per heavy atom. The summed E-state index contributed by atoms with van der Waals surface area (Å²) in [6.07, 6.45) is 5.47. The summed E-state index contributed by atoms with van der Waals surface area (Å²) in [6, 6.07) is 4.88. The molecular formula is C18H26FNO3. The largest absolute Gasteiger partial charge is 0.494 e. The number of methoxy groups -OCH3 is 1. The number of halogens is 1. The molecule has 1 saturated carbocycles. The lowest BCUT2D eigenvalue weighted by Gasteiger charge is -2.27. The zero-order chi connectivity index (χ0) is 16.7. The fourth-order valence-corrected chi connectivity index (χ4v) is 3.08. The maximum Gasteiger partial charge on any atom is 0.220 e. The predicted octanol–water partition coefficient (Wildman–Crippen LogP) is 2.82. The number of hydrogen-bond donors (Lipinski definition) is 2. The summed E-state index contributed by atoms with van der Waals surface area (Å²) in [5.41, 5.74) is 0.860.